The zero-order chi connectivity index (χ0) is 14.3. The van der Waals surface area contributed by atoms with E-state index in [1.54, 1.807) is 11.8 Å². The fourth-order valence-electron chi connectivity index (χ4n) is 3.42. The molecule has 0 radical (unpaired) electrons. The molecule has 1 amide bonds. The van der Waals surface area contributed by atoms with E-state index in [1.807, 2.05) is 6.92 Å². The van der Waals surface area contributed by atoms with Crippen molar-refractivity contribution in [2.45, 2.75) is 45.1 Å². The number of likely N-dealkylation sites (tertiary alicyclic amines) is 1. The average Bonchev–Trinajstić information content (AvgIpc) is 2.31. The number of rotatable bonds is 2. The van der Waals surface area contributed by atoms with E-state index in [9.17, 15) is 9.90 Å². The summed E-state index contributed by atoms with van der Waals surface area (Å²) in [5.74, 6) is 0.288. The Hall–Kier alpha value is -1.30. The van der Waals surface area contributed by atoms with Gasteiger partial charge in [-0.3, -0.25) is 4.79 Å². The van der Waals surface area contributed by atoms with E-state index in [0.29, 0.717) is 38.3 Å². The molecule has 6 nitrogen and oxygen atoms in total. The standard InChI is InChI=1S/C13H23N3O3/c1-9-6-13(7-9,10(14)15-19)11(17)16-5-3-4-12(2,18)8-16/h9,18-19H,3-8H2,1-2H3,(H2,14,15). The molecule has 2 rings (SSSR count). The van der Waals surface area contributed by atoms with Crippen molar-refractivity contribution in [2.75, 3.05) is 13.1 Å². The third kappa shape index (κ3) is 2.41. The summed E-state index contributed by atoms with van der Waals surface area (Å²) in [6.07, 6.45) is 2.70. The molecule has 4 N–H and O–H groups in total. The summed E-state index contributed by atoms with van der Waals surface area (Å²) < 4.78 is 0. The number of nitrogens with two attached hydrogens (primary N) is 1. The maximum atomic E-state index is 12.7. The Kier molecular flexibility index (Phi) is 3.47. The zero-order valence-electron chi connectivity index (χ0n) is 11.6. The lowest BCUT2D eigenvalue weighted by atomic mass is 9.61. The number of nitrogens with zero attached hydrogens (tertiary/aromatic N) is 2. The monoisotopic (exact) mass is 269 g/mol. The topological polar surface area (TPSA) is 99.2 Å². The molecule has 2 aliphatic rings. The lowest BCUT2D eigenvalue weighted by Crippen LogP contribution is -2.60. The van der Waals surface area contributed by atoms with Gasteiger partial charge < -0.3 is 20.9 Å². The van der Waals surface area contributed by atoms with Crippen LogP contribution in [0.3, 0.4) is 0 Å². The first-order valence-electron chi connectivity index (χ1n) is 6.80. The van der Waals surface area contributed by atoms with E-state index in [-0.39, 0.29) is 11.7 Å². The molecule has 1 saturated heterocycles. The van der Waals surface area contributed by atoms with E-state index in [0.717, 1.165) is 6.42 Å². The van der Waals surface area contributed by atoms with Crippen LogP contribution in [0.5, 0.6) is 0 Å². The highest BCUT2D eigenvalue weighted by molar-refractivity contribution is 6.07. The van der Waals surface area contributed by atoms with E-state index >= 15 is 0 Å². The molecular weight excluding hydrogens is 246 g/mol. The first-order chi connectivity index (χ1) is 8.81. The molecule has 0 aromatic rings. The molecule has 6 heteroatoms. The third-order valence-electron chi connectivity index (χ3n) is 4.36. The van der Waals surface area contributed by atoms with Crippen molar-refractivity contribution in [3.8, 4) is 0 Å². The molecule has 1 atom stereocenters. The predicted octanol–water partition coefficient (Wildman–Crippen LogP) is 0.523. The Labute approximate surface area is 113 Å². The van der Waals surface area contributed by atoms with Crippen LogP contribution in [0.4, 0.5) is 0 Å². The number of hydrogen-bond donors (Lipinski definition) is 3. The molecule has 0 aromatic heterocycles. The van der Waals surface area contributed by atoms with Gasteiger partial charge >= 0.3 is 0 Å². The molecule has 2 fully saturated rings. The van der Waals surface area contributed by atoms with Crippen molar-refractivity contribution in [3.63, 3.8) is 0 Å². The number of piperidine rings is 1. The van der Waals surface area contributed by atoms with Gasteiger partial charge in [0.1, 0.15) is 5.41 Å². The van der Waals surface area contributed by atoms with Crippen molar-refractivity contribution in [1.29, 1.82) is 0 Å². The minimum Gasteiger partial charge on any atom is -0.409 e. The van der Waals surface area contributed by atoms with Gasteiger partial charge in [-0.15, -0.1) is 0 Å². The van der Waals surface area contributed by atoms with Crippen LogP contribution >= 0.6 is 0 Å². The molecule has 1 aliphatic heterocycles. The Morgan fingerprint density at radius 1 is 1.47 bits per heavy atom. The van der Waals surface area contributed by atoms with Crippen LogP contribution in [0.2, 0.25) is 0 Å². The summed E-state index contributed by atoms with van der Waals surface area (Å²) in [5, 5.41) is 22.1. The van der Waals surface area contributed by atoms with Gasteiger partial charge in [-0.1, -0.05) is 12.1 Å². The summed E-state index contributed by atoms with van der Waals surface area (Å²) in [6, 6.07) is 0. The van der Waals surface area contributed by atoms with E-state index in [4.69, 9.17) is 10.9 Å². The van der Waals surface area contributed by atoms with Gasteiger partial charge in [0.25, 0.3) is 0 Å². The van der Waals surface area contributed by atoms with Crippen molar-refractivity contribution in [3.05, 3.63) is 0 Å². The Bertz CT molecular complexity index is 400. The van der Waals surface area contributed by atoms with Crippen LogP contribution in [0.15, 0.2) is 5.16 Å². The maximum Gasteiger partial charge on any atom is 0.236 e. The molecule has 108 valence electrons. The highest BCUT2D eigenvalue weighted by atomic mass is 16.4. The number of carbonyl (C=O) groups excluding carboxylic acids is 1. The normalized spacial score (nSPS) is 39.8. The van der Waals surface area contributed by atoms with Crippen LogP contribution in [-0.2, 0) is 4.79 Å². The lowest BCUT2D eigenvalue weighted by molar-refractivity contribution is -0.150. The Balaban J connectivity index is 2.17. The summed E-state index contributed by atoms with van der Waals surface area (Å²) >= 11 is 0. The van der Waals surface area contributed by atoms with Gasteiger partial charge in [-0.05, 0) is 38.5 Å². The molecule has 0 spiro atoms. The Morgan fingerprint density at radius 3 is 2.58 bits per heavy atom. The quantitative estimate of drug-likeness (QED) is 0.294. The lowest BCUT2D eigenvalue weighted by Gasteiger charge is -2.48. The maximum absolute atomic E-state index is 12.7. The van der Waals surface area contributed by atoms with E-state index in [2.05, 4.69) is 5.16 Å². The van der Waals surface area contributed by atoms with E-state index < -0.39 is 11.0 Å². The van der Waals surface area contributed by atoms with Crippen molar-refractivity contribution >= 4 is 11.7 Å². The first kappa shape index (κ1) is 14.1. The first-order valence-corrected chi connectivity index (χ1v) is 6.80. The molecule has 1 heterocycles. The number of carbonyl (C=O) groups is 1. The highest BCUT2D eigenvalue weighted by Gasteiger charge is 2.54. The molecule has 1 saturated carbocycles. The van der Waals surface area contributed by atoms with Gasteiger partial charge in [-0.25, -0.2) is 0 Å². The molecule has 0 bridgehead atoms. The molecule has 19 heavy (non-hydrogen) atoms. The molecule has 0 aromatic carbocycles. The number of β-amino-alcohol motifs (C(OH)–C–C–N with tert-alkyl or cyclic N) is 1. The largest absolute Gasteiger partial charge is 0.409 e. The van der Waals surface area contributed by atoms with Crippen LogP contribution in [0, 0.1) is 11.3 Å². The Morgan fingerprint density at radius 2 is 2.11 bits per heavy atom. The number of oxime groups is 1. The second kappa shape index (κ2) is 4.67. The molecular formula is C13H23N3O3. The second-order valence-corrected chi connectivity index (χ2v) is 6.41. The number of amides is 1. The van der Waals surface area contributed by atoms with Gasteiger partial charge in [0, 0.05) is 13.1 Å². The average molecular weight is 269 g/mol. The van der Waals surface area contributed by atoms with Gasteiger partial charge in [0.2, 0.25) is 5.91 Å². The van der Waals surface area contributed by atoms with Crippen molar-refractivity contribution < 1.29 is 15.1 Å². The number of hydrogen-bond acceptors (Lipinski definition) is 4. The summed E-state index contributed by atoms with van der Waals surface area (Å²) in [6.45, 7) is 4.74. The van der Waals surface area contributed by atoms with Crippen molar-refractivity contribution in [2.24, 2.45) is 22.2 Å². The molecule has 1 aliphatic carbocycles. The number of amidine groups is 1. The zero-order valence-corrected chi connectivity index (χ0v) is 11.6. The summed E-state index contributed by atoms with van der Waals surface area (Å²) in [5.41, 5.74) is 4.04. The smallest absolute Gasteiger partial charge is 0.236 e. The third-order valence-corrected chi connectivity index (χ3v) is 4.36. The fraction of sp³-hybridized carbons (Fsp3) is 0.846. The molecule has 1 unspecified atom stereocenters. The fourth-order valence-corrected chi connectivity index (χ4v) is 3.42. The minimum atomic E-state index is -0.860. The van der Waals surface area contributed by atoms with Gasteiger partial charge in [-0.2, -0.15) is 0 Å². The van der Waals surface area contributed by atoms with Crippen LogP contribution in [0.25, 0.3) is 0 Å². The predicted molar refractivity (Wildman–Crippen MR) is 70.7 cm³/mol. The second-order valence-electron chi connectivity index (χ2n) is 6.41. The minimum absolute atomic E-state index is 0.000756. The van der Waals surface area contributed by atoms with Crippen molar-refractivity contribution in [1.82, 2.24) is 4.90 Å². The highest BCUT2D eigenvalue weighted by Crippen LogP contribution is 2.47. The summed E-state index contributed by atoms with van der Waals surface area (Å²) in [4.78, 5) is 14.3. The van der Waals surface area contributed by atoms with Crippen LogP contribution in [-0.4, -0.2) is 45.6 Å². The SMILES string of the molecule is CC1CC(C(=O)N2CCCC(C)(O)C2)(C(N)=NO)C1. The summed E-state index contributed by atoms with van der Waals surface area (Å²) in [7, 11) is 0. The van der Waals surface area contributed by atoms with Gasteiger partial charge in [0.15, 0.2) is 5.84 Å². The van der Waals surface area contributed by atoms with Gasteiger partial charge in [0.05, 0.1) is 5.60 Å². The van der Waals surface area contributed by atoms with Crippen LogP contribution in [0.1, 0.15) is 39.5 Å². The van der Waals surface area contributed by atoms with E-state index in [1.165, 1.54) is 0 Å². The number of aliphatic hydroxyl groups is 1. The van der Waals surface area contributed by atoms with Crippen LogP contribution < -0.4 is 5.73 Å².